The molecular formula is C19H27Cl2FN4O. The third-order valence-corrected chi connectivity index (χ3v) is 5.18. The van der Waals surface area contributed by atoms with Gasteiger partial charge in [0.05, 0.1) is 22.5 Å². The summed E-state index contributed by atoms with van der Waals surface area (Å²) in [4.78, 5) is 21.6. The fraction of sp³-hybridized carbons (Fsp3) is 0.526. The number of hydrogen-bond acceptors (Lipinski definition) is 4. The monoisotopic (exact) mass is 416 g/mol. The van der Waals surface area contributed by atoms with Gasteiger partial charge < -0.3 is 11.1 Å². The zero-order valence-corrected chi connectivity index (χ0v) is 17.3. The number of fused-ring (bicyclic) bond motifs is 1. The number of halogens is 3. The summed E-state index contributed by atoms with van der Waals surface area (Å²) in [5.74, 6) is -0.433. The molecule has 1 aromatic heterocycles. The highest BCUT2D eigenvalue weighted by Gasteiger charge is 2.25. The molecule has 3 N–H and O–H groups in total. The van der Waals surface area contributed by atoms with Gasteiger partial charge in [-0.1, -0.05) is 19.3 Å². The molecule has 2 aromatic rings. The molecule has 1 amide bonds. The van der Waals surface area contributed by atoms with Gasteiger partial charge in [-0.2, -0.15) is 0 Å². The maximum absolute atomic E-state index is 14.0. The number of nitrogens with one attached hydrogen (secondary N) is 1. The highest BCUT2D eigenvalue weighted by Crippen LogP contribution is 2.27. The van der Waals surface area contributed by atoms with E-state index in [1.165, 1.54) is 31.4 Å². The summed E-state index contributed by atoms with van der Waals surface area (Å²) in [7, 11) is 0. The quantitative estimate of drug-likeness (QED) is 0.792. The van der Waals surface area contributed by atoms with Crippen molar-refractivity contribution in [1.29, 1.82) is 0 Å². The predicted molar refractivity (Wildman–Crippen MR) is 110 cm³/mol. The van der Waals surface area contributed by atoms with E-state index in [2.05, 4.69) is 15.3 Å². The minimum absolute atomic E-state index is 0. The summed E-state index contributed by atoms with van der Waals surface area (Å²) in [6.45, 7) is 4.03. The molecule has 1 aliphatic carbocycles. The summed E-state index contributed by atoms with van der Waals surface area (Å²) in [5, 5.41) is 3.01. The van der Waals surface area contributed by atoms with Crippen LogP contribution in [0.4, 0.5) is 4.39 Å². The van der Waals surface area contributed by atoms with Crippen molar-refractivity contribution in [2.75, 3.05) is 6.54 Å². The first-order valence-electron chi connectivity index (χ1n) is 8.95. The lowest BCUT2D eigenvalue weighted by Gasteiger charge is -2.30. The minimum Gasteiger partial charge on any atom is -0.348 e. The van der Waals surface area contributed by atoms with Crippen LogP contribution in [-0.2, 0) is 0 Å². The Morgan fingerprint density at radius 1 is 1.19 bits per heavy atom. The Kier molecular flexibility index (Phi) is 8.85. The first-order valence-corrected chi connectivity index (χ1v) is 8.95. The van der Waals surface area contributed by atoms with E-state index >= 15 is 0 Å². The zero-order chi connectivity index (χ0) is 18.0. The Hall–Kier alpha value is -1.50. The summed E-state index contributed by atoms with van der Waals surface area (Å²) >= 11 is 0. The fourth-order valence-corrected chi connectivity index (χ4v) is 3.62. The molecule has 3 rings (SSSR count). The molecule has 5 nitrogen and oxygen atoms in total. The predicted octanol–water partition coefficient (Wildman–Crippen LogP) is 3.87. The lowest BCUT2D eigenvalue weighted by Crippen LogP contribution is -2.46. The molecule has 1 saturated carbocycles. The third kappa shape index (κ3) is 5.27. The highest BCUT2D eigenvalue weighted by atomic mass is 35.5. The number of amides is 1. The van der Waals surface area contributed by atoms with Crippen molar-refractivity contribution in [3.63, 3.8) is 0 Å². The van der Waals surface area contributed by atoms with E-state index in [1.54, 1.807) is 0 Å². The number of carbonyl (C=O) groups excluding carboxylic acids is 1. The van der Waals surface area contributed by atoms with Crippen molar-refractivity contribution >= 4 is 41.8 Å². The number of hydrogen-bond donors (Lipinski definition) is 2. The van der Waals surface area contributed by atoms with E-state index in [9.17, 15) is 9.18 Å². The Labute approximate surface area is 171 Å². The van der Waals surface area contributed by atoms with E-state index in [-0.39, 0.29) is 42.3 Å². The van der Waals surface area contributed by atoms with E-state index in [4.69, 9.17) is 5.73 Å². The van der Waals surface area contributed by atoms with Crippen LogP contribution in [0.5, 0.6) is 0 Å². The van der Waals surface area contributed by atoms with Gasteiger partial charge >= 0.3 is 0 Å². The van der Waals surface area contributed by atoms with Crippen molar-refractivity contribution in [3.05, 3.63) is 34.9 Å². The van der Waals surface area contributed by atoms with E-state index < -0.39 is 5.82 Å². The maximum Gasteiger partial charge on any atom is 0.253 e. The average molecular weight is 417 g/mol. The van der Waals surface area contributed by atoms with Crippen LogP contribution in [0.2, 0.25) is 0 Å². The van der Waals surface area contributed by atoms with Gasteiger partial charge in [0.25, 0.3) is 5.91 Å². The van der Waals surface area contributed by atoms with Crippen molar-refractivity contribution < 1.29 is 9.18 Å². The minimum atomic E-state index is -0.489. The van der Waals surface area contributed by atoms with Crippen LogP contribution in [0.25, 0.3) is 11.0 Å². The molecule has 0 bridgehead atoms. The van der Waals surface area contributed by atoms with Crippen molar-refractivity contribution in [2.24, 2.45) is 11.7 Å². The van der Waals surface area contributed by atoms with E-state index in [0.717, 1.165) is 24.2 Å². The van der Waals surface area contributed by atoms with E-state index in [1.807, 2.05) is 13.8 Å². The number of carbonyl (C=O) groups is 1. The molecule has 1 aromatic carbocycles. The lowest BCUT2D eigenvalue weighted by atomic mass is 9.84. The van der Waals surface area contributed by atoms with Crippen LogP contribution >= 0.6 is 24.8 Å². The Morgan fingerprint density at radius 2 is 1.81 bits per heavy atom. The molecule has 1 unspecified atom stereocenters. The molecule has 1 atom stereocenters. The van der Waals surface area contributed by atoms with Crippen LogP contribution < -0.4 is 11.1 Å². The molecule has 150 valence electrons. The second-order valence-corrected chi connectivity index (χ2v) is 6.93. The van der Waals surface area contributed by atoms with Gasteiger partial charge in [-0.15, -0.1) is 24.8 Å². The zero-order valence-electron chi connectivity index (χ0n) is 15.6. The summed E-state index contributed by atoms with van der Waals surface area (Å²) in [6.07, 6.45) is 5.73. The molecule has 1 heterocycles. The standard InChI is InChI=1S/C19H25FN4O.2ClH/c1-11-12(2)23-18-15(8-14(20)9-16(18)22-11)19(25)24-17(10-21)13-6-4-3-5-7-13;;/h8-9,13,17H,3-7,10,21H2,1-2H3,(H,24,25);2*1H. The van der Waals surface area contributed by atoms with Crippen LogP contribution in [0.3, 0.4) is 0 Å². The van der Waals surface area contributed by atoms with Crippen molar-refractivity contribution in [3.8, 4) is 0 Å². The number of benzene rings is 1. The van der Waals surface area contributed by atoms with Gasteiger partial charge in [-0.3, -0.25) is 4.79 Å². The number of nitrogens with two attached hydrogens (primary N) is 1. The highest BCUT2D eigenvalue weighted by molar-refractivity contribution is 6.04. The first-order chi connectivity index (χ1) is 12.0. The molecule has 27 heavy (non-hydrogen) atoms. The maximum atomic E-state index is 14.0. The fourth-order valence-electron chi connectivity index (χ4n) is 3.62. The average Bonchev–Trinajstić information content (AvgIpc) is 2.61. The van der Waals surface area contributed by atoms with Gasteiger partial charge in [0.2, 0.25) is 0 Å². The lowest BCUT2D eigenvalue weighted by molar-refractivity contribution is 0.0916. The molecule has 0 spiro atoms. The van der Waals surface area contributed by atoms with Crippen LogP contribution in [0, 0.1) is 25.6 Å². The first kappa shape index (κ1) is 23.5. The SMILES string of the molecule is Cc1nc2cc(F)cc(C(=O)NC(CN)C3CCCCC3)c2nc1C.Cl.Cl. The third-order valence-electron chi connectivity index (χ3n) is 5.18. The number of aromatic nitrogens is 2. The van der Waals surface area contributed by atoms with Crippen molar-refractivity contribution in [2.45, 2.75) is 52.0 Å². The van der Waals surface area contributed by atoms with Crippen LogP contribution in [0.1, 0.15) is 53.8 Å². The normalized spacial score (nSPS) is 15.6. The Morgan fingerprint density at radius 3 is 2.44 bits per heavy atom. The Balaban J connectivity index is 0.00000182. The molecule has 1 aliphatic rings. The molecule has 0 aliphatic heterocycles. The van der Waals surface area contributed by atoms with Gasteiger partial charge in [0.15, 0.2) is 0 Å². The van der Waals surface area contributed by atoms with E-state index in [0.29, 0.717) is 23.5 Å². The van der Waals surface area contributed by atoms with Crippen LogP contribution in [0.15, 0.2) is 12.1 Å². The van der Waals surface area contributed by atoms with Gasteiger partial charge in [0, 0.05) is 18.7 Å². The summed E-state index contributed by atoms with van der Waals surface area (Å²) < 4.78 is 14.0. The van der Waals surface area contributed by atoms with Gasteiger partial charge in [-0.25, -0.2) is 14.4 Å². The largest absolute Gasteiger partial charge is 0.348 e. The second-order valence-electron chi connectivity index (χ2n) is 6.93. The molecular weight excluding hydrogens is 390 g/mol. The summed E-state index contributed by atoms with van der Waals surface area (Å²) in [5.41, 5.74) is 8.41. The number of aryl methyl sites for hydroxylation is 2. The second kappa shape index (κ2) is 10.2. The molecule has 0 radical (unpaired) electrons. The number of rotatable bonds is 4. The Bertz CT molecular complexity index is 797. The smallest absolute Gasteiger partial charge is 0.253 e. The van der Waals surface area contributed by atoms with Gasteiger partial charge in [0.1, 0.15) is 11.3 Å². The molecule has 8 heteroatoms. The van der Waals surface area contributed by atoms with Gasteiger partial charge in [-0.05, 0) is 38.7 Å². The topological polar surface area (TPSA) is 80.9 Å². The summed E-state index contributed by atoms with van der Waals surface area (Å²) in [6, 6.07) is 2.45. The van der Waals surface area contributed by atoms with Crippen LogP contribution in [-0.4, -0.2) is 28.5 Å². The molecule has 1 fully saturated rings. The number of nitrogens with zero attached hydrogens (tertiary/aromatic N) is 2. The molecule has 0 saturated heterocycles. The van der Waals surface area contributed by atoms with Crippen molar-refractivity contribution in [1.82, 2.24) is 15.3 Å².